The van der Waals surface area contributed by atoms with Crippen molar-refractivity contribution in [1.82, 2.24) is 0 Å². The molecular weight excluding hydrogens is 591 g/mol. The second kappa shape index (κ2) is 10.1. The van der Waals surface area contributed by atoms with E-state index in [1.165, 1.54) is 32.7 Å². The highest BCUT2D eigenvalue weighted by molar-refractivity contribution is 14.1. The van der Waals surface area contributed by atoms with Gasteiger partial charge in [-0.1, -0.05) is 127 Å². The van der Waals surface area contributed by atoms with Crippen LogP contribution in [0.4, 0.5) is 0 Å². The first-order valence-electron chi connectivity index (χ1n) is 12.9. The molecule has 186 valence electrons. The lowest BCUT2D eigenvalue weighted by atomic mass is 10.0. The molecule has 0 N–H and O–H groups in total. The molecule has 8 aromatic rings. The Bertz CT molecular complexity index is 2070. The van der Waals surface area contributed by atoms with E-state index in [1.54, 1.807) is 0 Å². The Labute approximate surface area is 239 Å². The molecule has 0 unspecified atom stereocenters. The van der Waals surface area contributed by atoms with Crippen LogP contribution >= 0.6 is 22.6 Å². The SMILES string of the molecule is Ic1cccc2c1oc1c(-c3ccccc3)cccc12.c1ccc(-c2cccc3c2oc2ccccc23)cc1. The smallest absolute Gasteiger partial charge is 0.148 e. The number of hydrogen-bond donors (Lipinski definition) is 0. The molecule has 0 aliphatic rings. The summed E-state index contributed by atoms with van der Waals surface area (Å²) in [5.41, 5.74) is 8.53. The van der Waals surface area contributed by atoms with Crippen molar-refractivity contribution in [3.05, 3.63) is 143 Å². The second-order valence-electron chi connectivity index (χ2n) is 9.41. The van der Waals surface area contributed by atoms with Gasteiger partial charge < -0.3 is 8.83 Å². The molecule has 0 spiro atoms. The van der Waals surface area contributed by atoms with Crippen molar-refractivity contribution in [2.45, 2.75) is 0 Å². The maximum absolute atomic E-state index is 6.16. The Morgan fingerprint density at radius 2 is 0.821 bits per heavy atom. The standard InChI is InChI=1S/C18H11IO.C18H12O/c19-16-11-5-10-15-14-9-4-8-13(17(14)20-18(15)16)12-6-2-1-3-7-12;1-2-7-13(8-3-1)14-10-6-11-16-15-9-4-5-12-17(15)19-18(14)16/h1-11H;1-12H. The zero-order chi connectivity index (χ0) is 26.2. The van der Waals surface area contributed by atoms with Crippen LogP contribution in [0.25, 0.3) is 66.1 Å². The maximum Gasteiger partial charge on any atom is 0.148 e. The summed E-state index contributed by atoms with van der Waals surface area (Å²) in [5.74, 6) is 0. The van der Waals surface area contributed by atoms with Crippen LogP contribution in [0.1, 0.15) is 0 Å². The van der Waals surface area contributed by atoms with Gasteiger partial charge in [0.25, 0.3) is 0 Å². The van der Waals surface area contributed by atoms with Crippen LogP contribution in [0.3, 0.4) is 0 Å². The minimum Gasteiger partial charge on any atom is -0.455 e. The summed E-state index contributed by atoms with van der Waals surface area (Å²) in [6.07, 6.45) is 0. The highest BCUT2D eigenvalue weighted by atomic mass is 127. The highest BCUT2D eigenvalue weighted by Crippen LogP contribution is 2.37. The molecule has 6 aromatic carbocycles. The Morgan fingerprint density at radius 1 is 0.359 bits per heavy atom. The van der Waals surface area contributed by atoms with E-state index >= 15 is 0 Å². The first-order chi connectivity index (χ1) is 19.3. The van der Waals surface area contributed by atoms with E-state index < -0.39 is 0 Å². The fourth-order valence-electron chi connectivity index (χ4n) is 5.22. The molecule has 0 radical (unpaired) electrons. The maximum atomic E-state index is 6.16. The van der Waals surface area contributed by atoms with Gasteiger partial charge in [0.2, 0.25) is 0 Å². The predicted molar refractivity (Wildman–Crippen MR) is 171 cm³/mol. The number of fused-ring (bicyclic) bond motifs is 6. The van der Waals surface area contributed by atoms with Crippen molar-refractivity contribution < 1.29 is 8.83 Å². The first-order valence-corrected chi connectivity index (χ1v) is 14.0. The van der Waals surface area contributed by atoms with Gasteiger partial charge in [-0.3, -0.25) is 0 Å². The quantitative estimate of drug-likeness (QED) is 0.181. The molecule has 0 saturated carbocycles. The Balaban J connectivity index is 0.000000130. The van der Waals surface area contributed by atoms with Gasteiger partial charge in [0.05, 0.1) is 3.57 Å². The lowest BCUT2D eigenvalue weighted by Gasteiger charge is -2.01. The fourth-order valence-corrected chi connectivity index (χ4v) is 5.83. The molecule has 0 bridgehead atoms. The van der Waals surface area contributed by atoms with Gasteiger partial charge in [0.1, 0.15) is 22.3 Å². The number of furan rings is 2. The topological polar surface area (TPSA) is 26.3 Å². The van der Waals surface area contributed by atoms with Crippen molar-refractivity contribution in [2.24, 2.45) is 0 Å². The van der Waals surface area contributed by atoms with Crippen molar-refractivity contribution in [1.29, 1.82) is 0 Å². The molecule has 0 amide bonds. The lowest BCUT2D eigenvalue weighted by Crippen LogP contribution is -1.77. The third kappa shape index (κ3) is 4.29. The van der Waals surface area contributed by atoms with E-state index in [-0.39, 0.29) is 0 Å². The molecule has 8 rings (SSSR count). The third-order valence-electron chi connectivity index (χ3n) is 7.05. The van der Waals surface area contributed by atoms with E-state index in [2.05, 4.69) is 132 Å². The van der Waals surface area contributed by atoms with Crippen LogP contribution in [-0.4, -0.2) is 0 Å². The van der Waals surface area contributed by atoms with Gasteiger partial charge in [-0.2, -0.15) is 0 Å². The number of hydrogen-bond acceptors (Lipinski definition) is 2. The summed E-state index contributed by atoms with van der Waals surface area (Å²) in [5, 5.41) is 4.72. The number of rotatable bonds is 2. The molecule has 0 aliphatic carbocycles. The van der Waals surface area contributed by atoms with Crippen LogP contribution < -0.4 is 0 Å². The monoisotopic (exact) mass is 614 g/mol. The van der Waals surface area contributed by atoms with Crippen LogP contribution in [0.2, 0.25) is 0 Å². The average molecular weight is 614 g/mol. The van der Waals surface area contributed by atoms with E-state index in [9.17, 15) is 0 Å². The largest absolute Gasteiger partial charge is 0.455 e. The Kier molecular flexibility index (Phi) is 6.14. The average Bonchev–Trinajstić information content (AvgIpc) is 3.58. The molecule has 2 nitrogen and oxygen atoms in total. The number of benzene rings is 6. The third-order valence-corrected chi connectivity index (χ3v) is 7.90. The van der Waals surface area contributed by atoms with Crippen LogP contribution in [-0.2, 0) is 0 Å². The summed E-state index contributed by atoms with van der Waals surface area (Å²) in [6.45, 7) is 0. The summed E-state index contributed by atoms with van der Waals surface area (Å²) in [7, 11) is 0. The minimum atomic E-state index is 0.945. The molecule has 0 saturated heterocycles. The van der Waals surface area contributed by atoms with E-state index in [0.29, 0.717) is 0 Å². The molecule has 2 aromatic heterocycles. The van der Waals surface area contributed by atoms with Crippen molar-refractivity contribution in [2.75, 3.05) is 0 Å². The molecule has 0 aliphatic heterocycles. The summed E-state index contributed by atoms with van der Waals surface area (Å²) < 4.78 is 13.3. The van der Waals surface area contributed by atoms with Crippen LogP contribution in [0.15, 0.2) is 148 Å². The number of para-hydroxylation sites is 4. The first kappa shape index (κ1) is 23.7. The van der Waals surface area contributed by atoms with Crippen molar-refractivity contribution in [3.63, 3.8) is 0 Å². The molecule has 3 heteroatoms. The molecule has 0 atom stereocenters. The molecule has 2 heterocycles. The highest BCUT2D eigenvalue weighted by Gasteiger charge is 2.13. The summed E-state index contributed by atoms with van der Waals surface area (Å²) >= 11 is 2.33. The second-order valence-corrected chi connectivity index (χ2v) is 10.6. The normalized spacial score (nSPS) is 11.2. The fraction of sp³-hybridized carbons (Fsp3) is 0. The molecule has 39 heavy (non-hydrogen) atoms. The predicted octanol–water partition coefficient (Wildman–Crippen LogP) is 11.1. The molecule has 0 fully saturated rings. The summed E-state index contributed by atoms with van der Waals surface area (Å²) in [6, 6.07) is 47.9. The van der Waals surface area contributed by atoms with Gasteiger partial charge in [-0.25, -0.2) is 0 Å². The van der Waals surface area contributed by atoms with Gasteiger partial charge in [-0.15, -0.1) is 0 Å². The zero-order valence-corrected chi connectivity index (χ0v) is 23.1. The Hall–Kier alpha value is -4.35. The van der Waals surface area contributed by atoms with Crippen LogP contribution in [0, 0.1) is 3.57 Å². The van der Waals surface area contributed by atoms with Crippen LogP contribution in [0.5, 0.6) is 0 Å². The van der Waals surface area contributed by atoms with Gasteiger partial charge >= 0.3 is 0 Å². The lowest BCUT2D eigenvalue weighted by molar-refractivity contribution is 0.667. The van der Waals surface area contributed by atoms with E-state index in [1.807, 2.05) is 30.3 Å². The van der Waals surface area contributed by atoms with E-state index in [0.717, 1.165) is 37.0 Å². The van der Waals surface area contributed by atoms with Gasteiger partial charge in [0, 0.05) is 32.7 Å². The van der Waals surface area contributed by atoms with E-state index in [4.69, 9.17) is 8.83 Å². The van der Waals surface area contributed by atoms with Gasteiger partial charge in [-0.05, 0) is 45.9 Å². The zero-order valence-electron chi connectivity index (χ0n) is 21.0. The minimum absolute atomic E-state index is 0.945. The summed E-state index contributed by atoms with van der Waals surface area (Å²) in [4.78, 5) is 0. The Morgan fingerprint density at radius 3 is 1.46 bits per heavy atom. The molecular formula is C36H23IO2. The van der Waals surface area contributed by atoms with Gasteiger partial charge in [0.15, 0.2) is 0 Å². The van der Waals surface area contributed by atoms with Crippen molar-refractivity contribution >= 4 is 66.5 Å². The van der Waals surface area contributed by atoms with Crippen molar-refractivity contribution in [3.8, 4) is 22.3 Å². The number of halogens is 1.